The van der Waals surface area contributed by atoms with Crippen LogP contribution < -0.4 is 10.5 Å². The molecule has 1 saturated heterocycles. The van der Waals surface area contributed by atoms with E-state index in [2.05, 4.69) is 37.1 Å². The van der Waals surface area contributed by atoms with Gasteiger partial charge in [-0.1, -0.05) is 6.92 Å². The molecule has 1 aliphatic heterocycles. The monoisotopic (exact) mass is 313 g/mol. The highest BCUT2D eigenvalue weighted by Gasteiger charge is 2.33. The fourth-order valence-corrected chi connectivity index (χ4v) is 3.24. The number of fused-ring (bicyclic) bond motifs is 1. The molecule has 2 N–H and O–H groups in total. The van der Waals surface area contributed by atoms with Crippen molar-refractivity contribution in [3.63, 3.8) is 0 Å². The van der Waals surface area contributed by atoms with Gasteiger partial charge in [0.15, 0.2) is 5.65 Å². The van der Waals surface area contributed by atoms with Crippen molar-refractivity contribution in [2.75, 3.05) is 18.0 Å². The Kier molecular flexibility index (Phi) is 3.00. The number of nitrogens with zero attached hydrogens (tertiary/aromatic N) is 5. The van der Waals surface area contributed by atoms with Crippen LogP contribution >= 0.6 is 0 Å². The number of aromatic nitrogens is 6. The van der Waals surface area contributed by atoms with E-state index in [1.807, 2.05) is 6.07 Å². The Morgan fingerprint density at radius 1 is 1.30 bits per heavy atom. The van der Waals surface area contributed by atoms with Crippen LogP contribution in [0.5, 0.6) is 0 Å². The summed E-state index contributed by atoms with van der Waals surface area (Å²) in [4.78, 5) is 21.8. The van der Waals surface area contributed by atoms with Gasteiger partial charge in [0.25, 0.3) is 5.56 Å². The normalized spacial score (nSPS) is 17.7. The fraction of sp³-hybridized carbons (Fsp3) is 0.467. The maximum atomic E-state index is 12.2. The van der Waals surface area contributed by atoms with Crippen molar-refractivity contribution >= 4 is 17.0 Å². The van der Waals surface area contributed by atoms with Gasteiger partial charge in [-0.3, -0.25) is 19.6 Å². The topological polar surface area (TPSA) is 95.5 Å². The second kappa shape index (κ2) is 4.94. The van der Waals surface area contributed by atoms with E-state index in [9.17, 15) is 4.79 Å². The first-order chi connectivity index (χ1) is 11.1. The molecule has 0 bridgehead atoms. The second-order valence-corrected chi connectivity index (χ2v) is 6.41. The number of rotatable bonds is 2. The SMILES string of the molecule is Cn1ncc2c(=O)[nH]c(N3CCC(C)(c4ccn[nH]4)CC3)nc21. The Morgan fingerprint density at radius 3 is 2.78 bits per heavy atom. The molecule has 1 aliphatic rings. The summed E-state index contributed by atoms with van der Waals surface area (Å²) in [6.07, 6.45) is 5.30. The largest absolute Gasteiger partial charge is 0.342 e. The summed E-state index contributed by atoms with van der Waals surface area (Å²) in [5, 5.41) is 11.8. The lowest BCUT2D eigenvalue weighted by atomic mass is 9.78. The molecule has 0 aliphatic carbocycles. The molecule has 0 unspecified atom stereocenters. The third-order valence-corrected chi connectivity index (χ3v) is 4.91. The molecule has 120 valence electrons. The first-order valence-corrected chi connectivity index (χ1v) is 7.74. The van der Waals surface area contributed by atoms with Crippen molar-refractivity contribution in [3.05, 3.63) is 34.5 Å². The smallest absolute Gasteiger partial charge is 0.263 e. The van der Waals surface area contributed by atoms with Gasteiger partial charge in [0, 0.05) is 37.4 Å². The highest BCUT2D eigenvalue weighted by Crippen LogP contribution is 2.34. The van der Waals surface area contributed by atoms with Crippen molar-refractivity contribution < 1.29 is 0 Å². The van der Waals surface area contributed by atoms with Gasteiger partial charge in [-0.15, -0.1) is 0 Å². The molecular weight excluding hydrogens is 294 g/mol. The zero-order chi connectivity index (χ0) is 16.0. The molecule has 0 spiro atoms. The van der Waals surface area contributed by atoms with Gasteiger partial charge in [-0.25, -0.2) is 0 Å². The van der Waals surface area contributed by atoms with Gasteiger partial charge in [0.05, 0.1) is 6.20 Å². The molecule has 1 fully saturated rings. The van der Waals surface area contributed by atoms with Gasteiger partial charge in [0.1, 0.15) is 5.39 Å². The molecule has 0 aromatic carbocycles. The number of piperidine rings is 1. The third-order valence-electron chi connectivity index (χ3n) is 4.91. The number of nitrogens with one attached hydrogen (secondary N) is 2. The first kappa shape index (κ1) is 14.0. The summed E-state index contributed by atoms with van der Waals surface area (Å²) in [7, 11) is 1.80. The molecule has 3 aromatic rings. The van der Waals surface area contributed by atoms with E-state index in [1.54, 1.807) is 24.1 Å². The van der Waals surface area contributed by atoms with E-state index in [4.69, 9.17) is 0 Å². The van der Waals surface area contributed by atoms with Crippen LogP contribution in [0.1, 0.15) is 25.5 Å². The number of aromatic amines is 2. The van der Waals surface area contributed by atoms with Crippen LogP contribution in [0.4, 0.5) is 5.95 Å². The minimum absolute atomic E-state index is 0.0872. The Morgan fingerprint density at radius 2 is 2.09 bits per heavy atom. The number of hydrogen-bond donors (Lipinski definition) is 2. The number of hydrogen-bond acceptors (Lipinski definition) is 5. The summed E-state index contributed by atoms with van der Waals surface area (Å²) >= 11 is 0. The van der Waals surface area contributed by atoms with Crippen LogP contribution in [-0.2, 0) is 12.5 Å². The highest BCUT2D eigenvalue weighted by molar-refractivity contribution is 5.74. The Balaban J connectivity index is 1.61. The first-order valence-electron chi connectivity index (χ1n) is 7.74. The minimum atomic E-state index is -0.139. The van der Waals surface area contributed by atoms with Crippen molar-refractivity contribution in [2.24, 2.45) is 7.05 Å². The number of anilines is 1. The molecule has 0 amide bonds. The Labute approximate surface area is 132 Å². The lowest BCUT2D eigenvalue weighted by Gasteiger charge is -2.38. The van der Waals surface area contributed by atoms with Crippen LogP contribution in [0.25, 0.3) is 11.0 Å². The molecule has 0 radical (unpaired) electrons. The van der Waals surface area contributed by atoms with Gasteiger partial charge >= 0.3 is 0 Å². The summed E-state index contributed by atoms with van der Waals surface area (Å²) in [5.74, 6) is 0.623. The fourth-order valence-electron chi connectivity index (χ4n) is 3.24. The molecule has 0 saturated carbocycles. The van der Waals surface area contributed by atoms with Gasteiger partial charge in [-0.2, -0.15) is 15.2 Å². The van der Waals surface area contributed by atoms with E-state index < -0.39 is 0 Å². The van der Waals surface area contributed by atoms with Crippen molar-refractivity contribution in [1.29, 1.82) is 0 Å². The lowest BCUT2D eigenvalue weighted by Crippen LogP contribution is -2.42. The summed E-state index contributed by atoms with van der Waals surface area (Å²) in [6, 6.07) is 2.04. The quantitative estimate of drug-likeness (QED) is 0.734. The predicted octanol–water partition coefficient (Wildman–Crippen LogP) is 0.938. The number of H-pyrrole nitrogens is 2. The van der Waals surface area contributed by atoms with Gasteiger partial charge in [0.2, 0.25) is 5.95 Å². The summed E-state index contributed by atoms with van der Waals surface area (Å²) in [6.45, 7) is 3.92. The Hall–Kier alpha value is -2.64. The number of aryl methyl sites for hydroxylation is 1. The van der Waals surface area contributed by atoms with Crippen LogP contribution in [-0.4, -0.2) is 43.0 Å². The Bertz CT molecular complexity index is 884. The molecule has 4 rings (SSSR count). The molecule has 3 aromatic heterocycles. The van der Waals surface area contributed by atoms with Crippen molar-refractivity contribution in [2.45, 2.75) is 25.2 Å². The minimum Gasteiger partial charge on any atom is -0.342 e. The average molecular weight is 313 g/mol. The average Bonchev–Trinajstić information content (AvgIpc) is 3.19. The summed E-state index contributed by atoms with van der Waals surface area (Å²) in [5.41, 5.74) is 1.73. The highest BCUT2D eigenvalue weighted by atomic mass is 16.1. The lowest BCUT2D eigenvalue weighted by molar-refractivity contribution is 0.351. The second-order valence-electron chi connectivity index (χ2n) is 6.41. The van der Waals surface area contributed by atoms with E-state index >= 15 is 0 Å². The zero-order valence-corrected chi connectivity index (χ0v) is 13.2. The van der Waals surface area contributed by atoms with E-state index in [1.165, 1.54) is 5.69 Å². The predicted molar refractivity (Wildman–Crippen MR) is 86.5 cm³/mol. The van der Waals surface area contributed by atoms with E-state index in [0.29, 0.717) is 17.0 Å². The standard InChI is InChI=1S/C15H19N7O/c1-15(11-3-6-16-20-11)4-7-22(8-5-15)14-18-12-10(13(23)19-14)9-17-21(12)2/h3,6,9H,4-5,7-8H2,1-2H3,(H,16,20)(H,18,19,23). The maximum Gasteiger partial charge on any atom is 0.263 e. The van der Waals surface area contributed by atoms with E-state index in [0.717, 1.165) is 25.9 Å². The third kappa shape index (κ3) is 2.21. The molecule has 0 atom stereocenters. The molecule has 4 heterocycles. The van der Waals surface area contributed by atoms with Crippen molar-refractivity contribution in [1.82, 2.24) is 29.9 Å². The summed E-state index contributed by atoms with van der Waals surface area (Å²) < 4.78 is 1.63. The molecule has 23 heavy (non-hydrogen) atoms. The van der Waals surface area contributed by atoms with Crippen molar-refractivity contribution in [3.8, 4) is 0 Å². The van der Waals surface area contributed by atoms with Crippen LogP contribution in [0, 0.1) is 0 Å². The van der Waals surface area contributed by atoms with Crippen LogP contribution in [0.3, 0.4) is 0 Å². The van der Waals surface area contributed by atoms with Crippen LogP contribution in [0.15, 0.2) is 23.3 Å². The molecular formula is C15H19N7O. The van der Waals surface area contributed by atoms with Gasteiger partial charge < -0.3 is 4.90 Å². The van der Waals surface area contributed by atoms with Crippen LogP contribution in [0.2, 0.25) is 0 Å². The maximum absolute atomic E-state index is 12.2. The zero-order valence-electron chi connectivity index (χ0n) is 13.2. The molecule has 8 heteroatoms. The molecule has 8 nitrogen and oxygen atoms in total. The van der Waals surface area contributed by atoms with Gasteiger partial charge in [-0.05, 0) is 18.9 Å². The van der Waals surface area contributed by atoms with E-state index in [-0.39, 0.29) is 11.0 Å².